The van der Waals surface area contributed by atoms with E-state index in [1.807, 2.05) is 0 Å². The second kappa shape index (κ2) is 9.68. The number of likely N-dealkylation sites (tertiary alicyclic amines) is 1. The molecule has 2 unspecified atom stereocenters. The summed E-state index contributed by atoms with van der Waals surface area (Å²) in [6.45, 7) is 0.616. The molecule has 5 rings (SSSR count). The molecule has 12 heteroatoms. The summed E-state index contributed by atoms with van der Waals surface area (Å²) in [6.07, 6.45) is -0.551. The monoisotopic (exact) mass is 558 g/mol. The average Bonchev–Trinajstić information content (AvgIpc) is 3.57. The lowest BCUT2D eigenvalue weighted by atomic mass is 9.79. The number of aromatic nitrogens is 1. The molecule has 4 N–H and O–H groups in total. The summed E-state index contributed by atoms with van der Waals surface area (Å²) < 4.78 is 68.7. The highest BCUT2D eigenvalue weighted by molar-refractivity contribution is 6.08. The van der Waals surface area contributed by atoms with Crippen molar-refractivity contribution in [2.75, 3.05) is 18.9 Å². The standard InChI is InChI=1S/C28H28F3N5O4/c1-13(2)8-20(35(3)25(38)19-9-14-16(29)10-17(30)22(31)23(14)33-19)26(39)36-12-28(11-21(36)24(32)37)15-6-4-5-7-18(15)34-27(28)40/h4-7,9-10,13,20-21,33H,8,11-12H2,1-3H3,(H2,32,37)(H,34,40)/t20-,21?,28?/m0/s1/i4D,12D2. The number of rotatable bonds is 6. The summed E-state index contributed by atoms with van der Waals surface area (Å²) in [7, 11) is 1.22. The van der Waals surface area contributed by atoms with Gasteiger partial charge in [0.2, 0.25) is 17.7 Å². The SMILES string of the molecule is [2H]c1ccc2c(c1)C1(CC(C(N)=O)N(C(=O)[C@H](CC(C)C)N(C)C(=O)c3cc4c(F)cc(F)c(F)c4[nH]3)C1([2H])[2H])C(=O)N2. The van der Waals surface area contributed by atoms with Crippen molar-refractivity contribution in [1.29, 1.82) is 0 Å². The number of nitrogens with one attached hydrogen (secondary N) is 2. The molecular weight excluding hydrogens is 527 g/mol. The fraction of sp³-hybridized carbons (Fsp3) is 0.357. The van der Waals surface area contributed by atoms with Crippen LogP contribution in [0.15, 0.2) is 36.4 Å². The Morgan fingerprint density at radius 2 is 1.98 bits per heavy atom. The summed E-state index contributed by atoms with van der Waals surface area (Å²) in [4.78, 5) is 57.8. The van der Waals surface area contributed by atoms with Crippen LogP contribution in [0.1, 0.15) is 46.9 Å². The number of halogens is 3. The molecule has 3 heterocycles. The fourth-order valence-corrected chi connectivity index (χ4v) is 5.37. The van der Waals surface area contributed by atoms with Crippen LogP contribution in [0, 0.1) is 23.4 Å². The number of aromatic amines is 1. The van der Waals surface area contributed by atoms with Crippen LogP contribution in [0.4, 0.5) is 18.9 Å². The summed E-state index contributed by atoms with van der Waals surface area (Å²) in [6, 6.07) is 2.36. The minimum atomic E-state index is -2.85. The Morgan fingerprint density at radius 3 is 2.65 bits per heavy atom. The Balaban J connectivity index is 1.58. The van der Waals surface area contributed by atoms with Crippen molar-refractivity contribution < 1.29 is 36.5 Å². The van der Waals surface area contributed by atoms with E-state index in [1.54, 1.807) is 13.8 Å². The third-order valence-corrected chi connectivity index (χ3v) is 7.40. The third-order valence-electron chi connectivity index (χ3n) is 7.40. The van der Waals surface area contributed by atoms with Gasteiger partial charge in [-0.25, -0.2) is 13.2 Å². The fourth-order valence-electron chi connectivity index (χ4n) is 5.37. The molecule has 40 heavy (non-hydrogen) atoms. The first-order chi connectivity index (χ1) is 20.0. The van der Waals surface area contributed by atoms with Crippen molar-refractivity contribution in [3.63, 3.8) is 0 Å². The van der Waals surface area contributed by atoms with Crippen LogP contribution in [0.25, 0.3) is 10.9 Å². The molecule has 0 radical (unpaired) electrons. The van der Waals surface area contributed by atoms with E-state index in [1.165, 1.54) is 25.2 Å². The molecule has 1 fully saturated rings. The number of benzene rings is 2. The van der Waals surface area contributed by atoms with Gasteiger partial charge >= 0.3 is 0 Å². The zero-order chi connectivity index (χ0) is 31.8. The van der Waals surface area contributed by atoms with Gasteiger partial charge in [-0.2, -0.15) is 0 Å². The lowest BCUT2D eigenvalue weighted by molar-refractivity contribution is -0.141. The van der Waals surface area contributed by atoms with Gasteiger partial charge in [0.25, 0.3) is 5.91 Å². The van der Waals surface area contributed by atoms with E-state index < -0.39 is 82.4 Å². The van der Waals surface area contributed by atoms with Crippen LogP contribution < -0.4 is 11.1 Å². The molecule has 9 nitrogen and oxygen atoms in total. The molecule has 4 amide bonds. The largest absolute Gasteiger partial charge is 0.368 e. The van der Waals surface area contributed by atoms with Gasteiger partial charge in [0, 0.05) is 30.7 Å². The number of carbonyl (C=O) groups excluding carboxylic acids is 4. The number of fused-ring (bicyclic) bond motifs is 3. The van der Waals surface area contributed by atoms with Crippen molar-refractivity contribution in [2.24, 2.45) is 11.7 Å². The first-order valence-electron chi connectivity index (χ1n) is 14.0. The van der Waals surface area contributed by atoms with E-state index in [9.17, 15) is 32.3 Å². The molecule has 1 saturated heterocycles. The van der Waals surface area contributed by atoms with Crippen LogP contribution in [-0.4, -0.2) is 64.0 Å². The smallest absolute Gasteiger partial charge is 0.270 e. The Morgan fingerprint density at radius 1 is 1.25 bits per heavy atom. The highest BCUT2D eigenvalue weighted by Gasteiger charge is 2.57. The molecule has 0 bridgehead atoms. The maximum atomic E-state index is 14.3. The maximum absolute atomic E-state index is 14.3. The molecule has 2 aliphatic rings. The highest BCUT2D eigenvalue weighted by Crippen LogP contribution is 2.46. The number of nitrogens with two attached hydrogens (primary N) is 1. The number of hydrogen-bond acceptors (Lipinski definition) is 4. The van der Waals surface area contributed by atoms with E-state index in [2.05, 4.69) is 10.3 Å². The molecular formula is C28H28F3N5O4. The predicted octanol–water partition coefficient (Wildman–Crippen LogP) is 3.05. The van der Waals surface area contributed by atoms with Crippen LogP contribution in [0.3, 0.4) is 0 Å². The van der Waals surface area contributed by atoms with Crippen molar-refractivity contribution in [1.82, 2.24) is 14.8 Å². The number of hydrogen-bond donors (Lipinski definition) is 3. The minimum absolute atomic E-state index is 0.0278. The predicted molar refractivity (Wildman–Crippen MR) is 140 cm³/mol. The molecule has 1 spiro atoms. The second-order valence-electron chi connectivity index (χ2n) is 10.5. The number of primary amides is 1. The van der Waals surface area contributed by atoms with E-state index in [0.29, 0.717) is 11.0 Å². The first-order valence-corrected chi connectivity index (χ1v) is 12.5. The van der Waals surface area contributed by atoms with Crippen molar-refractivity contribution in [3.8, 4) is 0 Å². The van der Waals surface area contributed by atoms with Crippen molar-refractivity contribution >= 4 is 40.2 Å². The summed E-state index contributed by atoms with van der Waals surface area (Å²) in [5.41, 5.74) is 2.92. The lowest BCUT2D eigenvalue weighted by Gasteiger charge is -2.33. The van der Waals surface area contributed by atoms with Crippen LogP contribution in [0.5, 0.6) is 0 Å². The van der Waals surface area contributed by atoms with Crippen LogP contribution in [-0.2, 0) is 19.8 Å². The molecule has 1 aromatic heterocycles. The molecule has 0 saturated carbocycles. The van der Waals surface area contributed by atoms with E-state index >= 15 is 0 Å². The quantitative estimate of drug-likeness (QED) is 0.402. The second-order valence-corrected chi connectivity index (χ2v) is 10.5. The summed E-state index contributed by atoms with van der Waals surface area (Å²) >= 11 is 0. The van der Waals surface area contributed by atoms with Crippen molar-refractivity contribution in [3.05, 3.63) is 65.1 Å². The molecule has 2 aliphatic heterocycles. The minimum Gasteiger partial charge on any atom is -0.368 e. The third kappa shape index (κ3) is 4.18. The molecule has 0 aliphatic carbocycles. The van der Waals surface area contributed by atoms with Gasteiger partial charge in [-0.05, 0) is 36.5 Å². The van der Waals surface area contributed by atoms with Crippen LogP contribution >= 0.6 is 0 Å². The van der Waals surface area contributed by atoms with Crippen LogP contribution in [0.2, 0.25) is 0 Å². The Labute approximate surface area is 231 Å². The number of carbonyl (C=O) groups is 4. The van der Waals surface area contributed by atoms with Gasteiger partial charge in [0.15, 0.2) is 11.6 Å². The van der Waals surface area contributed by atoms with Gasteiger partial charge < -0.3 is 25.8 Å². The van der Waals surface area contributed by atoms with Crippen molar-refractivity contribution in [2.45, 2.75) is 44.2 Å². The highest BCUT2D eigenvalue weighted by atomic mass is 19.2. The molecule has 2 aromatic carbocycles. The van der Waals surface area contributed by atoms with Gasteiger partial charge in [0.1, 0.15) is 23.6 Å². The van der Waals surface area contributed by atoms with Gasteiger partial charge in [-0.1, -0.05) is 32.0 Å². The van der Waals surface area contributed by atoms with E-state index in [4.69, 9.17) is 9.85 Å². The van der Waals surface area contributed by atoms with E-state index in [-0.39, 0.29) is 35.3 Å². The number of anilines is 1. The topological polar surface area (TPSA) is 129 Å². The Bertz CT molecular complexity index is 1710. The Kier molecular flexibility index (Phi) is 5.70. The normalized spacial score (nSPS) is 23.1. The first kappa shape index (κ1) is 23.5. The number of likely N-dealkylation sites (N-methyl/N-ethyl adjacent to an activating group) is 1. The van der Waals surface area contributed by atoms with Gasteiger partial charge in [0.05, 0.1) is 15.0 Å². The van der Waals surface area contributed by atoms with Gasteiger partial charge in [-0.15, -0.1) is 0 Å². The van der Waals surface area contributed by atoms with E-state index in [0.717, 1.165) is 11.0 Å². The Hall–Kier alpha value is -4.35. The maximum Gasteiger partial charge on any atom is 0.270 e. The number of nitrogens with zero attached hydrogens (tertiary/aromatic N) is 2. The summed E-state index contributed by atoms with van der Waals surface area (Å²) in [5.74, 6) is -8.11. The molecule has 3 aromatic rings. The molecule has 3 atom stereocenters. The van der Waals surface area contributed by atoms with Gasteiger partial charge in [-0.3, -0.25) is 19.2 Å². The number of H-pyrrole nitrogens is 1. The zero-order valence-electron chi connectivity index (χ0n) is 24.8. The average molecular weight is 559 g/mol. The zero-order valence-corrected chi connectivity index (χ0v) is 21.8. The number of para-hydroxylation sites is 1. The lowest BCUT2D eigenvalue weighted by Crippen LogP contribution is -2.54. The number of amides is 4. The molecule has 210 valence electrons. The summed E-state index contributed by atoms with van der Waals surface area (Å²) in [5, 5.41) is 2.18.